The molecule has 0 aliphatic carbocycles. The number of rotatable bonds is 4. The molecule has 0 N–H and O–H groups in total. The van der Waals surface area contributed by atoms with Gasteiger partial charge in [-0.2, -0.15) is 0 Å². The Hall–Kier alpha value is -0.780. The molecule has 0 aliphatic heterocycles. The van der Waals surface area contributed by atoms with Gasteiger partial charge in [-0.1, -0.05) is 30.4 Å². The van der Waals surface area contributed by atoms with Crippen LogP contribution in [0.2, 0.25) is 0 Å². The molecule has 0 saturated carbocycles. The number of allylic oxidation sites excluding steroid dienone is 4. The predicted octanol–water partition coefficient (Wildman–Crippen LogP) is 3.33. The monoisotopic (exact) mass is 136 g/mol. The predicted molar refractivity (Wildman–Crippen MR) is 47.9 cm³/mol. The molecule has 0 aromatic carbocycles. The highest BCUT2D eigenvalue weighted by Crippen LogP contribution is 2.13. The second-order valence-corrected chi connectivity index (χ2v) is 2.49. The van der Waals surface area contributed by atoms with Crippen molar-refractivity contribution in [3.63, 3.8) is 0 Å². The Kier molecular flexibility index (Phi) is 4.65. The molecule has 0 aliphatic rings. The summed E-state index contributed by atoms with van der Waals surface area (Å²) in [7, 11) is 0. The molecule has 0 aromatic rings. The van der Waals surface area contributed by atoms with Crippen LogP contribution in [-0.4, -0.2) is 0 Å². The van der Waals surface area contributed by atoms with Gasteiger partial charge in [0.15, 0.2) is 0 Å². The molecule has 1 unspecified atom stereocenters. The smallest absolute Gasteiger partial charge is 0.000310 e. The van der Waals surface area contributed by atoms with Crippen LogP contribution in [0, 0.1) is 5.92 Å². The molecule has 0 amide bonds. The van der Waals surface area contributed by atoms with Crippen LogP contribution in [0.3, 0.4) is 0 Å². The SMILES string of the molecule is C=CC(CC=CC)C(=C)C. The molecule has 0 bridgehead atoms. The van der Waals surface area contributed by atoms with E-state index >= 15 is 0 Å². The standard InChI is InChI=1S/C10H16/c1-5-7-8-10(6-2)9(3)4/h5-7,10H,2-3,8H2,1,4H3. The Labute approximate surface area is 64.0 Å². The molecular formula is C10H16. The lowest BCUT2D eigenvalue weighted by molar-refractivity contribution is 0.780. The summed E-state index contributed by atoms with van der Waals surface area (Å²) in [6, 6.07) is 0. The second kappa shape index (κ2) is 5.04. The van der Waals surface area contributed by atoms with E-state index < -0.39 is 0 Å². The van der Waals surface area contributed by atoms with Crippen molar-refractivity contribution >= 4 is 0 Å². The minimum atomic E-state index is 0.455. The Bertz CT molecular complexity index is 140. The van der Waals surface area contributed by atoms with Crippen molar-refractivity contribution in [3.05, 3.63) is 37.0 Å². The maximum absolute atomic E-state index is 3.87. The van der Waals surface area contributed by atoms with Crippen LogP contribution in [0.1, 0.15) is 20.3 Å². The highest BCUT2D eigenvalue weighted by molar-refractivity contribution is 5.06. The van der Waals surface area contributed by atoms with Gasteiger partial charge in [-0.05, 0) is 20.3 Å². The van der Waals surface area contributed by atoms with E-state index in [2.05, 4.69) is 25.3 Å². The molecule has 0 saturated heterocycles. The Balaban J connectivity index is 3.83. The second-order valence-electron chi connectivity index (χ2n) is 2.49. The van der Waals surface area contributed by atoms with Crippen LogP contribution in [0.5, 0.6) is 0 Å². The van der Waals surface area contributed by atoms with Crippen LogP contribution in [0.15, 0.2) is 37.0 Å². The Morgan fingerprint density at radius 3 is 2.50 bits per heavy atom. The van der Waals surface area contributed by atoms with Crippen LogP contribution in [0.25, 0.3) is 0 Å². The van der Waals surface area contributed by atoms with Crippen LogP contribution < -0.4 is 0 Å². The zero-order valence-corrected chi connectivity index (χ0v) is 6.93. The van der Waals surface area contributed by atoms with Gasteiger partial charge in [0, 0.05) is 5.92 Å². The van der Waals surface area contributed by atoms with Gasteiger partial charge in [0.05, 0.1) is 0 Å². The highest BCUT2D eigenvalue weighted by Gasteiger charge is 1.99. The molecule has 10 heavy (non-hydrogen) atoms. The van der Waals surface area contributed by atoms with E-state index in [1.807, 2.05) is 19.9 Å². The van der Waals surface area contributed by atoms with Gasteiger partial charge < -0.3 is 0 Å². The molecule has 56 valence electrons. The first-order valence-electron chi connectivity index (χ1n) is 3.61. The third-order valence-corrected chi connectivity index (χ3v) is 1.54. The average Bonchev–Trinajstić information content (AvgIpc) is 1.89. The summed E-state index contributed by atoms with van der Waals surface area (Å²) in [5.74, 6) is 0.455. The van der Waals surface area contributed by atoms with Gasteiger partial charge >= 0.3 is 0 Å². The first-order chi connectivity index (χ1) is 4.72. The van der Waals surface area contributed by atoms with Crippen molar-refractivity contribution < 1.29 is 0 Å². The van der Waals surface area contributed by atoms with Gasteiger partial charge in [-0.25, -0.2) is 0 Å². The lowest BCUT2D eigenvalue weighted by Crippen LogP contribution is -1.93. The molecule has 0 spiro atoms. The maximum atomic E-state index is 3.87. The minimum absolute atomic E-state index is 0.455. The van der Waals surface area contributed by atoms with Crippen molar-refractivity contribution in [3.8, 4) is 0 Å². The summed E-state index contributed by atoms with van der Waals surface area (Å²) in [5.41, 5.74) is 1.19. The topological polar surface area (TPSA) is 0 Å². The summed E-state index contributed by atoms with van der Waals surface area (Å²) in [6.45, 7) is 11.7. The van der Waals surface area contributed by atoms with E-state index in [1.165, 1.54) is 5.57 Å². The molecule has 1 atom stereocenters. The molecule has 0 heterocycles. The summed E-state index contributed by atoms with van der Waals surface area (Å²) in [5, 5.41) is 0. The average molecular weight is 136 g/mol. The summed E-state index contributed by atoms with van der Waals surface area (Å²) in [4.78, 5) is 0. The quantitative estimate of drug-likeness (QED) is 0.520. The number of hydrogen-bond acceptors (Lipinski definition) is 0. The van der Waals surface area contributed by atoms with Crippen molar-refractivity contribution in [1.82, 2.24) is 0 Å². The lowest BCUT2D eigenvalue weighted by Gasteiger charge is -2.07. The fourth-order valence-corrected chi connectivity index (χ4v) is 0.781. The molecule has 0 nitrogen and oxygen atoms in total. The zero-order chi connectivity index (χ0) is 7.98. The zero-order valence-electron chi connectivity index (χ0n) is 6.93. The van der Waals surface area contributed by atoms with Crippen molar-refractivity contribution in [2.24, 2.45) is 5.92 Å². The Morgan fingerprint density at radius 2 is 2.20 bits per heavy atom. The first kappa shape index (κ1) is 9.22. The third-order valence-electron chi connectivity index (χ3n) is 1.54. The molecule has 0 fully saturated rings. The normalized spacial score (nSPS) is 13.4. The first-order valence-corrected chi connectivity index (χ1v) is 3.61. The molecule has 0 heteroatoms. The van der Waals surface area contributed by atoms with Gasteiger partial charge in [0.1, 0.15) is 0 Å². The van der Waals surface area contributed by atoms with E-state index in [9.17, 15) is 0 Å². The minimum Gasteiger partial charge on any atom is -0.102 e. The van der Waals surface area contributed by atoms with Crippen LogP contribution in [-0.2, 0) is 0 Å². The Morgan fingerprint density at radius 1 is 1.60 bits per heavy atom. The highest BCUT2D eigenvalue weighted by atomic mass is 14.0. The summed E-state index contributed by atoms with van der Waals surface area (Å²) >= 11 is 0. The maximum Gasteiger partial charge on any atom is 0.000310 e. The third kappa shape index (κ3) is 3.29. The molecular weight excluding hydrogens is 120 g/mol. The molecule has 0 radical (unpaired) electrons. The van der Waals surface area contributed by atoms with E-state index in [-0.39, 0.29) is 0 Å². The number of hydrogen-bond donors (Lipinski definition) is 0. The fraction of sp³-hybridized carbons (Fsp3) is 0.400. The summed E-state index contributed by atoms with van der Waals surface area (Å²) < 4.78 is 0. The van der Waals surface area contributed by atoms with E-state index in [0.717, 1.165) is 6.42 Å². The van der Waals surface area contributed by atoms with Crippen molar-refractivity contribution in [1.29, 1.82) is 0 Å². The lowest BCUT2D eigenvalue weighted by atomic mass is 9.98. The van der Waals surface area contributed by atoms with Crippen LogP contribution in [0.4, 0.5) is 0 Å². The van der Waals surface area contributed by atoms with E-state index in [4.69, 9.17) is 0 Å². The largest absolute Gasteiger partial charge is 0.102 e. The van der Waals surface area contributed by atoms with Gasteiger partial charge in [0.25, 0.3) is 0 Å². The molecule has 0 aromatic heterocycles. The van der Waals surface area contributed by atoms with Crippen LogP contribution >= 0.6 is 0 Å². The fourth-order valence-electron chi connectivity index (χ4n) is 0.781. The summed E-state index contributed by atoms with van der Waals surface area (Å²) in [6.07, 6.45) is 7.18. The van der Waals surface area contributed by atoms with Gasteiger partial charge in [0.2, 0.25) is 0 Å². The van der Waals surface area contributed by atoms with E-state index in [1.54, 1.807) is 0 Å². The molecule has 0 rings (SSSR count). The van der Waals surface area contributed by atoms with Crippen molar-refractivity contribution in [2.75, 3.05) is 0 Å². The van der Waals surface area contributed by atoms with Gasteiger partial charge in [-0.3, -0.25) is 0 Å². The van der Waals surface area contributed by atoms with E-state index in [0.29, 0.717) is 5.92 Å². The van der Waals surface area contributed by atoms with Crippen molar-refractivity contribution in [2.45, 2.75) is 20.3 Å². The van der Waals surface area contributed by atoms with Gasteiger partial charge in [-0.15, -0.1) is 6.58 Å².